The van der Waals surface area contributed by atoms with Gasteiger partial charge in [-0.3, -0.25) is 4.79 Å². The summed E-state index contributed by atoms with van der Waals surface area (Å²) in [5.74, 6) is -0.354. The first-order chi connectivity index (χ1) is 9.68. The topological polar surface area (TPSA) is 101 Å². The van der Waals surface area contributed by atoms with Gasteiger partial charge in [-0.1, -0.05) is 19.1 Å². The first kappa shape index (κ1) is 17.5. The molecule has 0 saturated heterocycles. The van der Waals surface area contributed by atoms with E-state index in [0.717, 1.165) is 29.6 Å². The number of amides is 1. The van der Waals surface area contributed by atoms with E-state index < -0.39 is 9.84 Å². The molecule has 118 valence electrons. The summed E-state index contributed by atoms with van der Waals surface area (Å²) >= 11 is 1.05. The Labute approximate surface area is 129 Å². The summed E-state index contributed by atoms with van der Waals surface area (Å²) in [7, 11) is -3.53. The van der Waals surface area contributed by atoms with E-state index in [1.54, 1.807) is 0 Å². The molecule has 1 aromatic rings. The summed E-state index contributed by atoms with van der Waals surface area (Å²) < 4.78 is 23.8. The molecule has 0 fully saturated rings. The van der Waals surface area contributed by atoms with Gasteiger partial charge >= 0.3 is 0 Å². The van der Waals surface area contributed by atoms with Gasteiger partial charge in [-0.2, -0.15) is 0 Å². The molecule has 1 rings (SSSR count). The minimum atomic E-state index is -3.53. The third-order valence-corrected chi connectivity index (χ3v) is 5.02. The van der Waals surface area contributed by atoms with Crippen molar-refractivity contribution in [1.29, 1.82) is 0 Å². The van der Waals surface area contributed by atoms with Gasteiger partial charge in [0, 0.05) is 19.3 Å². The van der Waals surface area contributed by atoms with Crippen LogP contribution in [-0.4, -0.2) is 33.7 Å². The number of hydrogen-bond donors (Lipinski definition) is 3. The summed E-state index contributed by atoms with van der Waals surface area (Å²) in [6, 6.07) is 0. The molecule has 0 aromatic carbocycles. The van der Waals surface area contributed by atoms with E-state index in [-0.39, 0.29) is 21.4 Å². The van der Waals surface area contributed by atoms with Crippen LogP contribution in [-0.2, 0) is 9.84 Å². The summed E-state index contributed by atoms with van der Waals surface area (Å²) in [5.41, 5.74) is 6.72. The Kier molecular flexibility index (Phi) is 5.79. The maximum absolute atomic E-state index is 12.0. The van der Waals surface area contributed by atoms with Crippen LogP contribution in [0.1, 0.15) is 29.9 Å². The molecule has 8 heteroatoms. The zero-order valence-electron chi connectivity index (χ0n) is 12.4. The minimum Gasteiger partial charge on any atom is -0.396 e. The molecule has 1 heterocycles. The first-order valence-electron chi connectivity index (χ1n) is 6.47. The molecule has 0 spiro atoms. The monoisotopic (exact) mass is 331 g/mol. The van der Waals surface area contributed by atoms with E-state index in [1.807, 2.05) is 13.8 Å². The fourth-order valence-corrected chi connectivity index (χ4v) is 4.11. The van der Waals surface area contributed by atoms with Crippen molar-refractivity contribution in [2.24, 2.45) is 0 Å². The number of nitrogens with one attached hydrogen (secondary N) is 2. The number of rotatable bonds is 7. The Bertz CT molecular complexity index is 648. The van der Waals surface area contributed by atoms with Crippen LogP contribution in [0, 0.1) is 0 Å². The highest BCUT2D eigenvalue weighted by atomic mass is 32.2. The summed E-state index contributed by atoms with van der Waals surface area (Å²) in [4.78, 5) is 12.2. The lowest BCUT2D eigenvalue weighted by atomic mass is 10.3. The van der Waals surface area contributed by atoms with Crippen LogP contribution in [0.4, 0.5) is 10.7 Å². The molecule has 1 amide bonds. The molecule has 0 radical (unpaired) electrons. The van der Waals surface area contributed by atoms with Crippen molar-refractivity contribution in [3.05, 3.63) is 17.0 Å². The van der Waals surface area contributed by atoms with Gasteiger partial charge in [-0.15, -0.1) is 11.3 Å². The largest absolute Gasteiger partial charge is 0.396 e. The molecule has 0 atom stereocenters. The number of carbonyl (C=O) groups excluding carboxylic acids is 1. The molecule has 4 N–H and O–H groups in total. The van der Waals surface area contributed by atoms with Crippen LogP contribution in [0.5, 0.6) is 0 Å². The summed E-state index contributed by atoms with van der Waals surface area (Å²) in [6.07, 6.45) is 1.86. The lowest BCUT2D eigenvalue weighted by molar-refractivity contribution is 0.0958. The van der Waals surface area contributed by atoms with Gasteiger partial charge < -0.3 is 16.4 Å². The SMILES string of the molecule is C=C(C)CNc1sc(C(=O)NCCC)c(N)c1S(C)(=O)=O. The number of hydrogen-bond acceptors (Lipinski definition) is 6. The van der Waals surface area contributed by atoms with E-state index in [2.05, 4.69) is 17.2 Å². The fraction of sp³-hybridized carbons (Fsp3) is 0.462. The summed E-state index contributed by atoms with van der Waals surface area (Å²) in [6.45, 7) is 8.43. The minimum absolute atomic E-state index is 0.000295. The van der Waals surface area contributed by atoms with E-state index in [4.69, 9.17) is 5.73 Å². The van der Waals surface area contributed by atoms with E-state index in [0.29, 0.717) is 18.1 Å². The van der Waals surface area contributed by atoms with Crippen LogP contribution in [0.3, 0.4) is 0 Å². The van der Waals surface area contributed by atoms with Crippen molar-refractivity contribution >= 4 is 37.8 Å². The average Bonchev–Trinajstić information content (AvgIpc) is 2.70. The Morgan fingerprint density at radius 1 is 1.43 bits per heavy atom. The molecule has 1 aromatic heterocycles. The second-order valence-electron chi connectivity index (χ2n) is 4.84. The van der Waals surface area contributed by atoms with Crippen molar-refractivity contribution < 1.29 is 13.2 Å². The third-order valence-electron chi connectivity index (χ3n) is 2.56. The van der Waals surface area contributed by atoms with E-state index in [1.165, 1.54) is 0 Å². The van der Waals surface area contributed by atoms with Gasteiger partial charge in [0.05, 0.1) is 5.69 Å². The average molecular weight is 331 g/mol. The van der Waals surface area contributed by atoms with Crippen molar-refractivity contribution in [1.82, 2.24) is 5.32 Å². The normalized spacial score (nSPS) is 11.2. The van der Waals surface area contributed by atoms with Gasteiger partial charge in [0.15, 0.2) is 9.84 Å². The predicted octanol–water partition coefficient (Wildman–Crippen LogP) is 1.86. The number of sulfone groups is 1. The lowest BCUT2D eigenvalue weighted by Gasteiger charge is -2.06. The van der Waals surface area contributed by atoms with Crippen molar-refractivity contribution in [2.45, 2.75) is 25.2 Å². The molecule has 0 saturated carbocycles. The number of nitrogen functional groups attached to an aromatic ring is 1. The Hall–Kier alpha value is -1.54. The van der Waals surface area contributed by atoms with Crippen LogP contribution < -0.4 is 16.4 Å². The van der Waals surface area contributed by atoms with Crippen LogP contribution >= 0.6 is 11.3 Å². The highest BCUT2D eigenvalue weighted by Gasteiger charge is 2.26. The zero-order valence-corrected chi connectivity index (χ0v) is 14.1. The van der Waals surface area contributed by atoms with E-state index in [9.17, 15) is 13.2 Å². The molecule has 0 unspecified atom stereocenters. The molecular formula is C13H21N3O3S2. The molecule has 0 aliphatic carbocycles. The molecular weight excluding hydrogens is 310 g/mol. The maximum Gasteiger partial charge on any atom is 0.263 e. The number of nitrogens with two attached hydrogens (primary N) is 1. The molecule has 21 heavy (non-hydrogen) atoms. The highest BCUT2D eigenvalue weighted by molar-refractivity contribution is 7.91. The Morgan fingerprint density at radius 3 is 2.52 bits per heavy atom. The quantitative estimate of drug-likeness (QED) is 0.662. The summed E-state index contributed by atoms with van der Waals surface area (Å²) in [5, 5.41) is 6.04. The molecule has 0 aliphatic rings. The van der Waals surface area contributed by atoms with Gasteiger partial charge in [0.1, 0.15) is 14.8 Å². The number of anilines is 2. The number of carbonyl (C=O) groups is 1. The molecule has 6 nitrogen and oxygen atoms in total. The van der Waals surface area contributed by atoms with Crippen molar-refractivity contribution in [2.75, 3.05) is 30.4 Å². The number of thiophene rings is 1. The molecule has 0 aliphatic heterocycles. The van der Waals surface area contributed by atoms with Gasteiger partial charge in [-0.05, 0) is 13.3 Å². The van der Waals surface area contributed by atoms with E-state index >= 15 is 0 Å². The smallest absolute Gasteiger partial charge is 0.263 e. The van der Waals surface area contributed by atoms with Gasteiger partial charge in [0.25, 0.3) is 5.91 Å². The van der Waals surface area contributed by atoms with Crippen molar-refractivity contribution in [3.8, 4) is 0 Å². The fourth-order valence-electron chi connectivity index (χ4n) is 1.63. The van der Waals surface area contributed by atoms with Gasteiger partial charge in [-0.25, -0.2) is 8.42 Å². The lowest BCUT2D eigenvalue weighted by Crippen LogP contribution is -2.24. The van der Waals surface area contributed by atoms with Gasteiger partial charge in [0.2, 0.25) is 0 Å². The second kappa shape index (κ2) is 6.95. The Balaban J connectivity index is 3.24. The van der Waals surface area contributed by atoms with Crippen LogP contribution in [0.25, 0.3) is 0 Å². The standard InChI is InChI=1S/C13H21N3O3S2/c1-5-6-15-12(17)10-9(14)11(21(4,18)19)13(20-10)16-7-8(2)3/h16H,2,5-7,14H2,1,3-4H3,(H,15,17). The highest BCUT2D eigenvalue weighted by Crippen LogP contribution is 2.39. The second-order valence-corrected chi connectivity index (χ2v) is 7.82. The zero-order chi connectivity index (χ0) is 16.2. The third kappa shape index (κ3) is 4.47. The predicted molar refractivity (Wildman–Crippen MR) is 87.8 cm³/mol. The molecule has 0 bridgehead atoms. The first-order valence-corrected chi connectivity index (χ1v) is 9.18. The van der Waals surface area contributed by atoms with Crippen molar-refractivity contribution in [3.63, 3.8) is 0 Å². The van der Waals surface area contributed by atoms with Crippen LogP contribution in [0.2, 0.25) is 0 Å². The Morgan fingerprint density at radius 2 is 2.05 bits per heavy atom. The maximum atomic E-state index is 12.0. The van der Waals surface area contributed by atoms with Crippen LogP contribution in [0.15, 0.2) is 17.0 Å².